The van der Waals surface area contributed by atoms with Gasteiger partial charge < -0.3 is 15.0 Å². The number of aryl methyl sites for hydroxylation is 1. The van der Waals surface area contributed by atoms with Crippen molar-refractivity contribution >= 4 is 40.2 Å². The van der Waals surface area contributed by atoms with Crippen LogP contribution >= 0.6 is 11.3 Å². The Morgan fingerprint density at radius 3 is 2.61 bits per heavy atom. The van der Waals surface area contributed by atoms with Crippen molar-refractivity contribution in [3.8, 4) is 0 Å². The zero-order valence-corrected chi connectivity index (χ0v) is 18.2. The molecule has 5 amide bonds. The van der Waals surface area contributed by atoms with Crippen LogP contribution in [0.4, 0.5) is 9.93 Å². The van der Waals surface area contributed by atoms with Crippen molar-refractivity contribution in [2.75, 3.05) is 37.7 Å². The maximum Gasteiger partial charge on any atom is 0.325 e. The second-order valence-corrected chi connectivity index (χ2v) is 8.92. The first-order chi connectivity index (χ1) is 14.9. The van der Waals surface area contributed by atoms with Gasteiger partial charge in [0.25, 0.3) is 11.8 Å². The highest BCUT2D eigenvalue weighted by Gasteiger charge is 2.52. The molecule has 1 aliphatic carbocycles. The Morgan fingerprint density at radius 1 is 1.19 bits per heavy atom. The predicted molar refractivity (Wildman–Crippen MR) is 112 cm³/mol. The minimum absolute atomic E-state index is 0.0329. The number of morpholine rings is 1. The quantitative estimate of drug-likeness (QED) is 0.434. The summed E-state index contributed by atoms with van der Waals surface area (Å²) in [6, 6.07) is -0.459. The van der Waals surface area contributed by atoms with Crippen LogP contribution < -0.4 is 21.1 Å². The molecule has 3 N–H and O–H groups in total. The van der Waals surface area contributed by atoms with Crippen molar-refractivity contribution < 1.29 is 23.9 Å². The van der Waals surface area contributed by atoms with E-state index in [2.05, 4.69) is 26.1 Å². The summed E-state index contributed by atoms with van der Waals surface area (Å²) in [5.41, 5.74) is 4.53. The smallest absolute Gasteiger partial charge is 0.325 e. The molecule has 0 atom stereocenters. The van der Waals surface area contributed by atoms with Crippen molar-refractivity contribution in [2.45, 2.75) is 44.6 Å². The van der Waals surface area contributed by atoms with E-state index in [9.17, 15) is 19.2 Å². The minimum atomic E-state index is -0.788. The van der Waals surface area contributed by atoms with Crippen LogP contribution in [-0.2, 0) is 14.3 Å². The van der Waals surface area contributed by atoms with E-state index in [0.717, 1.165) is 36.0 Å². The first kappa shape index (κ1) is 21.5. The van der Waals surface area contributed by atoms with Crippen LogP contribution in [0.2, 0.25) is 0 Å². The van der Waals surface area contributed by atoms with Gasteiger partial charge in [-0.15, -0.1) is 0 Å². The van der Waals surface area contributed by atoms with Crippen molar-refractivity contribution in [1.29, 1.82) is 0 Å². The van der Waals surface area contributed by atoms with Crippen LogP contribution in [-0.4, -0.2) is 72.0 Å². The van der Waals surface area contributed by atoms with Gasteiger partial charge in [0.2, 0.25) is 5.91 Å². The summed E-state index contributed by atoms with van der Waals surface area (Å²) in [6.07, 6.45) is 2.97. The van der Waals surface area contributed by atoms with Gasteiger partial charge in [-0.25, -0.2) is 9.78 Å². The van der Waals surface area contributed by atoms with Crippen LogP contribution in [0.5, 0.6) is 0 Å². The summed E-state index contributed by atoms with van der Waals surface area (Å²) in [6.45, 7) is 4.38. The molecule has 168 valence electrons. The lowest BCUT2D eigenvalue weighted by Gasteiger charge is -2.25. The third-order valence-electron chi connectivity index (χ3n) is 5.85. The molecule has 3 fully saturated rings. The molecule has 31 heavy (non-hydrogen) atoms. The molecule has 1 aromatic heterocycles. The number of carbonyl (C=O) groups excluding carboxylic acids is 4. The third-order valence-corrected chi connectivity index (χ3v) is 7.07. The number of anilines is 1. The molecule has 2 aliphatic heterocycles. The Hall–Kier alpha value is -2.73. The first-order valence-corrected chi connectivity index (χ1v) is 11.2. The lowest BCUT2D eigenvalue weighted by Crippen LogP contribution is -2.45. The summed E-state index contributed by atoms with van der Waals surface area (Å²) in [5.74, 6) is -1.21. The fourth-order valence-corrected chi connectivity index (χ4v) is 5.15. The Bertz CT molecular complexity index is 890. The number of rotatable bonds is 5. The number of nitrogens with one attached hydrogen (secondary N) is 3. The van der Waals surface area contributed by atoms with E-state index < -0.39 is 23.4 Å². The van der Waals surface area contributed by atoms with Crippen LogP contribution in [0.25, 0.3) is 0 Å². The van der Waals surface area contributed by atoms with E-state index in [4.69, 9.17) is 4.74 Å². The van der Waals surface area contributed by atoms with Gasteiger partial charge >= 0.3 is 6.03 Å². The monoisotopic (exact) mass is 450 g/mol. The van der Waals surface area contributed by atoms with Crippen molar-refractivity contribution in [1.82, 2.24) is 26.1 Å². The number of aromatic nitrogens is 1. The molecule has 3 aliphatic rings. The zero-order chi connectivity index (χ0) is 22.0. The van der Waals surface area contributed by atoms with E-state index in [1.165, 1.54) is 11.3 Å². The Kier molecular flexibility index (Phi) is 6.10. The second kappa shape index (κ2) is 8.79. The van der Waals surface area contributed by atoms with Crippen molar-refractivity contribution in [3.05, 3.63) is 10.6 Å². The fraction of sp³-hybridized carbons (Fsp3) is 0.632. The van der Waals surface area contributed by atoms with Gasteiger partial charge in [0.15, 0.2) is 5.13 Å². The molecule has 12 heteroatoms. The maximum absolute atomic E-state index is 12.6. The number of thiazole rings is 1. The molecule has 3 heterocycles. The van der Waals surface area contributed by atoms with E-state index >= 15 is 0 Å². The van der Waals surface area contributed by atoms with Gasteiger partial charge in [-0.05, 0) is 19.8 Å². The standard InChI is InChI=1S/C19H26N6O5S/c1-12-14(31-18(20-12)24-8-10-30-11-9-24)15(27)23-22-13(26)4-7-25-16(28)19(21-17(25)29)5-2-3-6-19/h2-11H2,1H3,(H,21,29)(H,22,26)(H,23,27). The molecule has 4 rings (SSSR count). The molecule has 0 aromatic carbocycles. The van der Waals surface area contributed by atoms with Crippen molar-refractivity contribution in [3.63, 3.8) is 0 Å². The summed E-state index contributed by atoms with van der Waals surface area (Å²) in [4.78, 5) is 57.4. The minimum Gasteiger partial charge on any atom is -0.378 e. The molecule has 2 saturated heterocycles. The number of amides is 5. The van der Waals surface area contributed by atoms with E-state index in [1.807, 2.05) is 0 Å². The zero-order valence-electron chi connectivity index (χ0n) is 17.4. The molecule has 11 nitrogen and oxygen atoms in total. The Morgan fingerprint density at radius 2 is 1.90 bits per heavy atom. The molecule has 0 bridgehead atoms. The predicted octanol–water partition coefficient (Wildman–Crippen LogP) is 0.304. The summed E-state index contributed by atoms with van der Waals surface area (Å²) in [7, 11) is 0. The summed E-state index contributed by atoms with van der Waals surface area (Å²) >= 11 is 1.26. The molecule has 1 aromatic rings. The van der Waals surface area contributed by atoms with Crippen LogP contribution in [0, 0.1) is 6.92 Å². The van der Waals surface area contributed by atoms with E-state index in [0.29, 0.717) is 36.6 Å². The van der Waals surface area contributed by atoms with E-state index in [-0.39, 0.29) is 18.9 Å². The van der Waals surface area contributed by atoms with Gasteiger partial charge in [0.1, 0.15) is 10.4 Å². The number of urea groups is 1. The van der Waals surface area contributed by atoms with Crippen LogP contribution in [0.3, 0.4) is 0 Å². The number of imide groups is 1. The third kappa shape index (κ3) is 4.35. The van der Waals surface area contributed by atoms with E-state index in [1.54, 1.807) is 6.92 Å². The van der Waals surface area contributed by atoms with Gasteiger partial charge in [0, 0.05) is 26.1 Å². The van der Waals surface area contributed by atoms with Gasteiger partial charge in [-0.2, -0.15) is 0 Å². The number of hydrazine groups is 1. The Balaban J connectivity index is 1.26. The molecule has 1 saturated carbocycles. The number of hydrogen-bond donors (Lipinski definition) is 3. The second-order valence-electron chi connectivity index (χ2n) is 7.94. The number of nitrogens with zero attached hydrogens (tertiary/aromatic N) is 3. The largest absolute Gasteiger partial charge is 0.378 e. The first-order valence-electron chi connectivity index (χ1n) is 10.4. The van der Waals surface area contributed by atoms with Gasteiger partial charge in [-0.3, -0.25) is 30.1 Å². The summed E-state index contributed by atoms with van der Waals surface area (Å²) in [5, 5.41) is 3.53. The number of ether oxygens (including phenoxy) is 1. The highest BCUT2D eigenvalue weighted by Crippen LogP contribution is 2.35. The highest BCUT2D eigenvalue weighted by atomic mass is 32.1. The van der Waals surface area contributed by atoms with Crippen LogP contribution in [0.1, 0.15) is 47.5 Å². The average molecular weight is 451 g/mol. The molecule has 1 spiro atoms. The summed E-state index contributed by atoms with van der Waals surface area (Å²) < 4.78 is 5.33. The van der Waals surface area contributed by atoms with Gasteiger partial charge in [-0.1, -0.05) is 24.2 Å². The topological polar surface area (TPSA) is 133 Å². The fourth-order valence-electron chi connectivity index (χ4n) is 4.14. The molecule has 0 unspecified atom stereocenters. The molecular formula is C19H26N6O5S. The highest BCUT2D eigenvalue weighted by molar-refractivity contribution is 7.17. The number of carbonyl (C=O) groups is 4. The van der Waals surface area contributed by atoms with Gasteiger partial charge in [0.05, 0.1) is 18.9 Å². The normalized spacial score (nSPS) is 20.3. The molecular weight excluding hydrogens is 424 g/mol. The van der Waals surface area contributed by atoms with Crippen LogP contribution in [0.15, 0.2) is 0 Å². The SMILES string of the molecule is Cc1nc(N2CCOCC2)sc1C(=O)NNC(=O)CCN1C(=O)NC2(CCCC2)C1=O. The lowest BCUT2D eigenvalue weighted by atomic mass is 9.98. The lowest BCUT2D eigenvalue weighted by molar-refractivity contribution is -0.131. The maximum atomic E-state index is 12.6. The van der Waals surface area contributed by atoms with Crippen molar-refractivity contribution in [2.24, 2.45) is 0 Å². The number of hydrogen-bond acceptors (Lipinski definition) is 8. The molecule has 0 radical (unpaired) electrons. The average Bonchev–Trinajstić information content (AvgIpc) is 3.45. The Labute approximate surface area is 183 Å².